The molecule has 194 valence electrons. The van der Waals surface area contributed by atoms with Crippen molar-refractivity contribution in [2.24, 2.45) is 5.92 Å². The number of hydrogen-bond acceptors (Lipinski definition) is 7. The number of ether oxygens (including phenoxy) is 2. The molecule has 1 N–H and O–H groups in total. The van der Waals surface area contributed by atoms with Gasteiger partial charge in [0.05, 0.1) is 26.3 Å². The highest BCUT2D eigenvalue weighted by atomic mass is 16.5. The van der Waals surface area contributed by atoms with Gasteiger partial charge in [-0.1, -0.05) is 78.9 Å². The lowest BCUT2D eigenvalue weighted by molar-refractivity contribution is -0.161. The molecule has 2 aliphatic heterocycles. The third-order valence-electron chi connectivity index (χ3n) is 7.09. The number of benzene rings is 3. The fourth-order valence-corrected chi connectivity index (χ4v) is 5.48. The van der Waals surface area contributed by atoms with Crippen LogP contribution in [-0.2, 0) is 23.9 Å². The maximum atomic E-state index is 14.1. The lowest BCUT2D eigenvalue weighted by Gasteiger charge is -2.33. The Bertz CT molecular complexity index is 1330. The molecule has 2 saturated heterocycles. The zero-order valence-corrected chi connectivity index (χ0v) is 20.9. The van der Waals surface area contributed by atoms with E-state index in [0.717, 1.165) is 5.56 Å². The minimum atomic E-state index is -1.28. The van der Waals surface area contributed by atoms with Crippen LogP contribution in [0.1, 0.15) is 33.6 Å². The Kier molecular flexibility index (Phi) is 6.93. The first kappa shape index (κ1) is 25.2. The van der Waals surface area contributed by atoms with E-state index in [0.29, 0.717) is 11.1 Å². The monoisotopic (exact) mass is 513 g/mol. The number of carbonyl (C=O) groups is 4. The van der Waals surface area contributed by atoms with Crippen LogP contribution in [-0.4, -0.2) is 60.1 Å². The van der Waals surface area contributed by atoms with Gasteiger partial charge < -0.3 is 14.8 Å². The number of fused-ring (bicyclic) bond motifs is 1. The summed E-state index contributed by atoms with van der Waals surface area (Å²) < 4.78 is 10.2. The van der Waals surface area contributed by atoms with E-state index in [9.17, 15) is 19.2 Å². The molecule has 0 radical (unpaired) electrons. The highest BCUT2D eigenvalue weighted by Crippen LogP contribution is 2.51. The van der Waals surface area contributed by atoms with Crippen LogP contribution < -0.4 is 5.32 Å². The van der Waals surface area contributed by atoms with E-state index in [4.69, 9.17) is 9.47 Å². The molecular weight excluding hydrogens is 486 g/mol. The Hall–Kier alpha value is -4.50. The number of nitrogens with one attached hydrogen (secondary N) is 1. The molecule has 0 aliphatic carbocycles. The van der Waals surface area contributed by atoms with Gasteiger partial charge in [0.2, 0.25) is 0 Å². The minimum absolute atomic E-state index is 0.394. The van der Waals surface area contributed by atoms with Crippen LogP contribution in [0, 0.1) is 5.92 Å². The van der Waals surface area contributed by atoms with E-state index >= 15 is 0 Å². The van der Waals surface area contributed by atoms with Crippen molar-refractivity contribution in [3.63, 3.8) is 0 Å². The Morgan fingerprint density at radius 2 is 1.21 bits per heavy atom. The van der Waals surface area contributed by atoms with E-state index in [2.05, 4.69) is 5.32 Å². The second kappa shape index (κ2) is 10.5. The first-order valence-electron chi connectivity index (χ1n) is 12.2. The molecule has 9 heteroatoms. The molecule has 2 amide bonds. The first-order chi connectivity index (χ1) is 18.5. The second-order valence-corrected chi connectivity index (χ2v) is 9.11. The quantitative estimate of drug-likeness (QED) is 0.506. The molecule has 2 fully saturated rings. The third-order valence-corrected chi connectivity index (χ3v) is 7.09. The summed E-state index contributed by atoms with van der Waals surface area (Å²) in [6, 6.07) is 23.2. The van der Waals surface area contributed by atoms with Crippen molar-refractivity contribution in [3.8, 4) is 0 Å². The maximum Gasteiger partial charge on any atom is 0.331 e. The van der Waals surface area contributed by atoms with Gasteiger partial charge in [-0.2, -0.15) is 5.01 Å². The smallest absolute Gasteiger partial charge is 0.331 e. The van der Waals surface area contributed by atoms with E-state index in [-0.39, 0.29) is 0 Å². The zero-order chi connectivity index (χ0) is 26.8. The highest BCUT2D eigenvalue weighted by molar-refractivity contribution is 6.00. The Balaban J connectivity index is 1.68. The average molecular weight is 514 g/mol. The van der Waals surface area contributed by atoms with Crippen LogP contribution in [0.2, 0.25) is 0 Å². The van der Waals surface area contributed by atoms with Crippen molar-refractivity contribution in [2.75, 3.05) is 14.2 Å². The number of carbonyl (C=O) groups excluding carboxylic acids is 4. The zero-order valence-electron chi connectivity index (χ0n) is 20.9. The normalized spacial score (nSPS) is 24.5. The van der Waals surface area contributed by atoms with Gasteiger partial charge in [-0.25, -0.2) is 4.79 Å². The molecule has 0 spiro atoms. The van der Waals surface area contributed by atoms with E-state index in [1.54, 1.807) is 35.3 Å². The maximum absolute atomic E-state index is 14.1. The average Bonchev–Trinajstić information content (AvgIpc) is 3.45. The molecule has 0 unspecified atom stereocenters. The topological polar surface area (TPSA) is 105 Å². The van der Waals surface area contributed by atoms with Crippen molar-refractivity contribution in [1.29, 1.82) is 0 Å². The lowest BCUT2D eigenvalue weighted by Crippen LogP contribution is -2.50. The number of methoxy groups -OCH3 is 2. The van der Waals surface area contributed by atoms with Crippen LogP contribution in [0.3, 0.4) is 0 Å². The van der Waals surface area contributed by atoms with Gasteiger partial charge >= 0.3 is 11.9 Å². The fraction of sp³-hybridized carbons (Fsp3) is 0.241. The summed E-state index contributed by atoms with van der Waals surface area (Å²) in [5, 5.41) is 5.89. The summed E-state index contributed by atoms with van der Waals surface area (Å²) in [6.45, 7) is 0. The van der Waals surface area contributed by atoms with E-state index in [1.165, 1.54) is 19.2 Å². The Morgan fingerprint density at radius 3 is 1.74 bits per heavy atom. The van der Waals surface area contributed by atoms with Gasteiger partial charge in [-0.3, -0.25) is 19.4 Å². The standard InChI is InChI=1S/C29H27N3O6/c1-37-28(35)21-23(18-12-6-3-7-13-18)31-24(19-14-8-4-9-15-19)22(27(34)32(31)25(21)29(36)38-2)30-26(33)20-16-10-5-11-17-20/h3-17,21-25H,1-2H3,(H,30,33)/t21-,22+,23+,24+,25-/m1/s1. The SMILES string of the molecule is COC(=O)[C@H]1[C@H](C(=O)OC)N2C(=O)[C@@H](NC(=O)c3ccccc3)[C@H](c3ccccc3)N2[C@H]1c1ccccc1. The molecule has 0 bridgehead atoms. The summed E-state index contributed by atoms with van der Waals surface area (Å²) in [7, 11) is 2.46. The molecule has 0 aromatic heterocycles. The van der Waals surface area contributed by atoms with Crippen molar-refractivity contribution in [1.82, 2.24) is 15.3 Å². The number of hydrogen-bond donors (Lipinski definition) is 1. The van der Waals surface area contributed by atoms with Gasteiger partial charge in [0.25, 0.3) is 11.8 Å². The van der Waals surface area contributed by atoms with E-state index in [1.807, 2.05) is 60.7 Å². The predicted molar refractivity (Wildman–Crippen MR) is 136 cm³/mol. The van der Waals surface area contributed by atoms with E-state index < -0.39 is 53.8 Å². The van der Waals surface area contributed by atoms with Crippen LogP contribution >= 0.6 is 0 Å². The fourth-order valence-electron chi connectivity index (χ4n) is 5.48. The summed E-state index contributed by atoms with van der Waals surface area (Å²) in [5.74, 6) is -3.41. The molecule has 38 heavy (non-hydrogen) atoms. The number of hydrazine groups is 1. The molecular formula is C29H27N3O6. The van der Waals surface area contributed by atoms with Gasteiger partial charge in [-0.15, -0.1) is 0 Å². The molecule has 3 aromatic rings. The Morgan fingerprint density at radius 1 is 0.711 bits per heavy atom. The van der Waals surface area contributed by atoms with Crippen molar-refractivity contribution < 1.29 is 28.7 Å². The number of amides is 2. The predicted octanol–water partition coefficient (Wildman–Crippen LogP) is 2.67. The largest absolute Gasteiger partial charge is 0.469 e. The summed E-state index contributed by atoms with van der Waals surface area (Å²) in [5.41, 5.74) is 1.84. The highest BCUT2D eigenvalue weighted by Gasteiger charge is 2.65. The van der Waals surface area contributed by atoms with Crippen molar-refractivity contribution >= 4 is 23.8 Å². The molecule has 2 aliphatic rings. The molecule has 5 atom stereocenters. The molecule has 9 nitrogen and oxygen atoms in total. The van der Waals surface area contributed by atoms with Crippen LogP contribution in [0.25, 0.3) is 0 Å². The van der Waals surface area contributed by atoms with Crippen molar-refractivity contribution in [3.05, 3.63) is 108 Å². The first-order valence-corrected chi connectivity index (χ1v) is 12.2. The number of rotatable bonds is 6. The Labute approximate surface area is 219 Å². The summed E-state index contributed by atoms with van der Waals surface area (Å²) >= 11 is 0. The van der Waals surface area contributed by atoms with Crippen molar-refractivity contribution in [2.45, 2.75) is 24.2 Å². The molecule has 2 heterocycles. The number of nitrogens with zero attached hydrogens (tertiary/aromatic N) is 2. The second-order valence-electron chi connectivity index (χ2n) is 9.11. The molecule has 0 saturated carbocycles. The third kappa shape index (κ3) is 4.20. The van der Waals surface area contributed by atoms with Crippen LogP contribution in [0.5, 0.6) is 0 Å². The summed E-state index contributed by atoms with van der Waals surface area (Å²) in [6.07, 6.45) is 0. The summed E-state index contributed by atoms with van der Waals surface area (Å²) in [4.78, 5) is 53.7. The molecule has 5 rings (SSSR count). The lowest BCUT2D eigenvalue weighted by atomic mass is 9.86. The minimum Gasteiger partial charge on any atom is -0.469 e. The van der Waals surface area contributed by atoms with Crippen LogP contribution in [0.4, 0.5) is 0 Å². The van der Waals surface area contributed by atoms with Gasteiger partial charge in [0.1, 0.15) is 12.0 Å². The number of esters is 2. The van der Waals surface area contributed by atoms with Gasteiger partial charge in [0.15, 0.2) is 6.04 Å². The van der Waals surface area contributed by atoms with Crippen LogP contribution in [0.15, 0.2) is 91.0 Å². The van der Waals surface area contributed by atoms with Gasteiger partial charge in [0, 0.05) is 5.56 Å². The molecule has 3 aromatic carbocycles. The van der Waals surface area contributed by atoms with Gasteiger partial charge in [-0.05, 0) is 23.3 Å².